The van der Waals surface area contributed by atoms with Crippen LogP contribution in [0.1, 0.15) is 26.7 Å². The molecular weight excluding hydrogens is 236 g/mol. The largest absolute Gasteiger partial charge is 0.480 e. The summed E-state index contributed by atoms with van der Waals surface area (Å²) in [7, 11) is 0. The van der Waals surface area contributed by atoms with Crippen LogP contribution < -0.4 is 5.32 Å². The van der Waals surface area contributed by atoms with Crippen LogP contribution in [-0.4, -0.2) is 21.6 Å². The number of hydrogen-bond acceptors (Lipinski definition) is 4. The molecule has 0 aliphatic heterocycles. The maximum absolute atomic E-state index is 11.2. The van der Waals surface area contributed by atoms with Gasteiger partial charge in [-0.1, -0.05) is 25.4 Å². The fourth-order valence-electron chi connectivity index (χ4n) is 1.30. The molecule has 0 saturated carbocycles. The lowest BCUT2D eigenvalue weighted by Gasteiger charge is -2.27. The molecule has 15 heavy (non-hydrogen) atoms. The highest BCUT2D eigenvalue weighted by Gasteiger charge is 2.35. The Labute approximate surface area is 97.3 Å². The average molecular weight is 249 g/mol. The van der Waals surface area contributed by atoms with Crippen molar-refractivity contribution >= 4 is 34.0 Å². The first-order valence-electron chi connectivity index (χ1n) is 4.66. The molecule has 0 bridgehead atoms. The number of thiazole rings is 1. The van der Waals surface area contributed by atoms with Crippen LogP contribution in [0.3, 0.4) is 0 Å². The minimum absolute atomic E-state index is 0.383. The molecule has 1 heterocycles. The quantitative estimate of drug-likeness (QED) is 0.841. The maximum Gasteiger partial charge on any atom is 0.329 e. The van der Waals surface area contributed by atoms with Crippen LogP contribution >= 0.6 is 22.9 Å². The third-order valence-corrected chi connectivity index (χ3v) is 3.52. The molecule has 84 valence electrons. The summed E-state index contributed by atoms with van der Waals surface area (Å²) in [5.74, 6) is -0.862. The van der Waals surface area contributed by atoms with Crippen LogP contribution in [0.5, 0.6) is 0 Å². The number of halogens is 1. The van der Waals surface area contributed by atoms with Crippen molar-refractivity contribution in [2.45, 2.75) is 32.2 Å². The molecule has 0 aromatic carbocycles. The Bertz CT molecular complexity index is 350. The van der Waals surface area contributed by atoms with Gasteiger partial charge in [-0.15, -0.1) is 11.3 Å². The lowest BCUT2D eigenvalue weighted by Crippen LogP contribution is -2.45. The number of aliphatic carboxylic acids is 1. The lowest BCUT2D eigenvalue weighted by atomic mass is 9.93. The summed E-state index contributed by atoms with van der Waals surface area (Å²) in [6.07, 6.45) is 0.992. The van der Waals surface area contributed by atoms with Crippen LogP contribution in [-0.2, 0) is 4.79 Å². The summed E-state index contributed by atoms with van der Waals surface area (Å²) >= 11 is 6.97. The molecule has 0 fully saturated rings. The predicted octanol–water partition coefficient (Wildman–Crippen LogP) is 2.85. The van der Waals surface area contributed by atoms with Crippen LogP contribution in [0.4, 0.5) is 5.13 Å². The summed E-state index contributed by atoms with van der Waals surface area (Å²) in [4.78, 5) is 15.2. The zero-order chi connectivity index (χ0) is 11.5. The minimum Gasteiger partial charge on any atom is -0.480 e. The molecule has 0 aliphatic rings. The molecule has 2 N–H and O–H groups in total. The molecule has 0 atom stereocenters. The van der Waals surface area contributed by atoms with Crippen LogP contribution in [0, 0.1) is 0 Å². The SMILES string of the molecule is CCC(CC)(Nc1nc(Cl)cs1)C(=O)O. The summed E-state index contributed by atoms with van der Waals surface area (Å²) in [6.45, 7) is 3.67. The first-order chi connectivity index (χ1) is 7.04. The Morgan fingerprint density at radius 1 is 1.67 bits per heavy atom. The van der Waals surface area contributed by atoms with Crippen molar-refractivity contribution in [2.24, 2.45) is 0 Å². The van der Waals surface area contributed by atoms with Gasteiger partial charge in [0, 0.05) is 5.38 Å². The van der Waals surface area contributed by atoms with Gasteiger partial charge in [-0.3, -0.25) is 0 Å². The fraction of sp³-hybridized carbons (Fsp3) is 0.556. The third kappa shape index (κ3) is 2.60. The zero-order valence-electron chi connectivity index (χ0n) is 8.58. The van der Waals surface area contributed by atoms with Crippen molar-refractivity contribution in [2.75, 3.05) is 5.32 Å². The number of rotatable bonds is 5. The van der Waals surface area contributed by atoms with Crippen LogP contribution in [0.25, 0.3) is 0 Å². The smallest absolute Gasteiger partial charge is 0.329 e. The Kier molecular flexibility index (Phi) is 3.93. The molecule has 1 rings (SSSR count). The van der Waals surface area contributed by atoms with E-state index in [1.807, 2.05) is 13.8 Å². The Balaban J connectivity index is 2.88. The second kappa shape index (κ2) is 4.81. The Morgan fingerprint density at radius 2 is 2.27 bits per heavy atom. The molecule has 4 nitrogen and oxygen atoms in total. The molecule has 6 heteroatoms. The van der Waals surface area contributed by atoms with Crippen molar-refractivity contribution in [3.63, 3.8) is 0 Å². The van der Waals surface area contributed by atoms with E-state index in [2.05, 4.69) is 10.3 Å². The molecule has 0 spiro atoms. The lowest BCUT2D eigenvalue weighted by molar-refractivity contribution is -0.142. The molecule has 0 unspecified atom stereocenters. The van der Waals surface area contributed by atoms with Gasteiger partial charge in [0.25, 0.3) is 0 Å². The molecule has 1 aromatic rings. The number of carboxylic acids is 1. The summed E-state index contributed by atoms with van der Waals surface area (Å²) in [6, 6.07) is 0. The van der Waals surface area contributed by atoms with Crippen molar-refractivity contribution in [3.8, 4) is 0 Å². The topological polar surface area (TPSA) is 62.2 Å². The van der Waals surface area contributed by atoms with Crippen molar-refractivity contribution < 1.29 is 9.90 Å². The summed E-state index contributed by atoms with van der Waals surface area (Å²) < 4.78 is 0. The molecule has 0 radical (unpaired) electrons. The highest BCUT2D eigenvalue weighted by atomic mass is 35.5. The number of nitrogens with zero attached hydrogens (tertiary/aromatic N) is 1. The van der Waals surface area contributed by atoms with E-state index in [9.17, 15) is 9.90 Å². The highest BCUT2D eigenvalue weighted by Crippen LogP contribution is 2.26. The first kappa shape index (κ1) is 12.3. The van der Waals surface area contributed by atoms with Gasteiger partial charge in [0.1, 0.15) is 10.7 Å². The highest BCUT2D eigenvalue weighted by molar-refractivity contribution is 7.14. The number of hydrogen-bond donors (Lipinski definition) is 2. The molecule has 0 amide bonds. The first-order valence-corrected chi connectivity index (χ1v) is 5.92. The van der Waals surface area contributed by atoms with Crippen molar-refractivity contribution in [3.05, 3.63) is 10.5 Å². The van der Waals surface area contributed by atoms with Gasteiger partial charge in [0.05, 0.1) is 0 Å². The number of carbonyl (C=O) groups is 1. The van der Waals surface area contributed by atoms with E-state index >= 15 is 0 Å². The summed E-state index contributed by atoms with van der Waals surface area (Å²) in [5, 5.41) is 14.7. The second-order valence-corrected chi connectivity index (χ2v) is 4.44. The molecule has 0 saturated heterocycles. The number of anilines is 1. The Hall–Kier alpha value is -0.810. The van der Waals surface area contributed by atoms with Crippen molar-refractivity contribution in [1.29, 1.82) is 0 Å². The minimum atomic E-state index is -0.943. The van der Waals surface area contributed by atoms with Gasteiger partial charge < -0.3 is 10.4 Å². The van der Waals surface area contributed by atoms with Gasteiger partial charge in [-0.25, -0.2) is 9.78 Å². The fourth-order valence-corrected chi connectivity index (χ4v) is 2.23. The van der Waals surface area contributed by atoms with Crippen molar-refractivity contribution in [1.82, 2.24) is 4.98 Å². The van der Waals surface area contributed by atoms with Gasteiger partial charge in [-0.2, -0.15) is 0 Å². The van der Waals surface area contributed by atoms with Gasteiger partial charge in [0.2, 0.25) is 0 Å². The monoisotopic (exact) mass is 248 g/mol. The van der Waals surface area contributed by atoms with E-state index in [4.69, 9.17) is 11.6 Å². The van der Waals surface area contributed by atoms with Gasteiger partial charge in [0.15, 0.2) is 5.13 Å². The van der Waals surface area contributed by atoms with E-state index < -0.39 is 11.5 Å². The van der Waals surface area contributed by atoms with Crippen LogP contribution in [0.15, 0.2) is 5.38 Å². The summed E-state index contributed by atoms with van der Waals surface area (Å²) in [5.41, 5.74) is -0.943. The average Bonchev–Trinajstić information content (AvgIpc) is 2.60. The normalized spacial score (nSPS) is 11.4. The number of nitrogens with one attached hydrogen (secondary N) is 1. The van der Waals surface area contributed by atoms with Gasteiger partial charge in [-0.05, 0) is 12.8 Å². The molecule has 1 aromatic heterocycles. The van der Waals surface area contributed by atoms with E-state index in [-0.39, 0.29) is 0 Å². The standard InChI is InChI=1S/C9H13ClN2O2S/c1-3-9(4-2,7(13)14)12-8-11-6(10)5-15-8/h5H,3-4H2,1-2H3,(H,11,12)(H,13,14). The van der Waals surface area contributed by atoms with E-state index in [1.165, 1.54) is 11.3 Å². The third-order valence-electron chi connectivity index (χ3n) is 2.44. The molecular formula is C9H13ClN2O2S. The second-order valence-electron chi connectivity index (χ2n) is 3.19. The number of aromatic nitrogens is 1. The van der Waals surface area contributed by atoms with E-state index in [0.29, 0.717) is 23.1 Å². The Morgan fingerprint density at radius 3 is 2.60 bits per heavy atom. The van der Waals surface area contributed by atoms with E-state index in [1.54, 1.807) is 5.38 Å². The number of carboxylic acid groups (broad SMARTS) is 1. The maximum atomic E-state index is 11.2. The predicted molar refractivity (Wildman–Crippen MR) is 61.7 cm³/mol. The van der Waals surface area contributed by atoms with Crippen LogP contribution in [0.2, 0.25) is 5.15 Å². The van der Waals surface area contributed by atoms with E-state index in [0.717, 1.165) is 0 Å². The molecule has 0 aliphatic carbocycles. The zero-order valence-corrected chi connectivity index (χ0v) is 10.2. The van der Waals surface area contributed by atoms with Gasteiger partial charge >= 0.3 is 5.97 Å².